The highest BCUT2D eigenvalue weighted by atomic mass is 31.2. The molecule has 0 aliphatic rings. The predicted octanol–water partition coefficient (Wildman–Crippen LogP) is 11.3. The number of rotatable bonds is 38. The second-order valence-corrected chi connectivity index (χ2v) is 15.0. The SMILES string of the molecule is CC/C=C\C/C=C\C/C=C\CCCCCCCC(=O)NCCOP(=O)(O)OCC(O)COC(=O)CCCCCCCCC/C=C\C/C=C\CCCCC. The van der Waals surface area contributed by atoms with Gasteiger partial charge in [-0.1, -0.05) is 139 Å². The van der Waals surface area contributed by atoms with Gasteiger partial charge in [-0.15, -0.1) is 0 Å². The molecule has 0 aromatic heterocycles. The summed E-state index contributed by atoms with van der Waals surface area (Å²) in [5.74, 6) is -0.546. The van der Waals surface area contributed by atoms with Gasteiger partial charge in [0.05, 0.1) is 13.2 Å². The van der Waals surface area contributed by atoms with Crippen molar-refractivity contribution in [3.8, 4) is 0 Å². The molecule has 9 nitrogen and oxygen atoms in total. The number of nitrogens with one attached hydrogen (secondary N) is 1. The van der Waals surface area contributed by atoms with Gasteiger partial charge >= 0.3 is 13.8 Å². The Morgan fingerprint density at radius 1 is 0.604 bits per heavy atom. The van der Waals surface area contributed by atoms with Crippen LogP contribution in [-0.4, -0.2) is 54.3 Å². The number of phosphoric ester groups is 1. The number of hydrogen-bond donors (Lipinski definition) is 3. The smallest absolute Gasteiger partial charge is 0.463 e. The van der Waals surface area contributed by atoms with Gasteiger partial charge in [-0.2, -0.15) is 0 Å². The molecule has 10 heteroatoms. The number of esters is 1. The van der Waals surface area contributed by atoms with Gasteiger partial charge in [-0.05, 0) is 77.0 Å². The fraction of sp³-hybridized carbons (Fsp3) is 0.721. The number of aliphatic hydroxyl groups is 1. The molecule has 0 spiro atoms. The second-order valence-electron chi connectivity index (χ2n) is 13.6. The summed E-state index contributed by atoms with van der Waals surface area (Å²) in [6, 6.07) is 0. The van der Waals surface area contributed by atoms with Crippen molar-refractivity contribution < 1.29 is 37.9 Å². The van der Waals surface area contributed by atoms with Crippen molar-refractivity contribution in [3.05, 3.63) is 60.8 Å². The molecule has 3 N–H and O–H groups in total. The van der Waals surface area contributed by atoms with Crippen LogP contribution in [0.25, 0.3) is 0 Å². The van der Waals surface area contributed by atoms with E-state index in [1.54, 1.807) is 0 Å². The number of allylic oxidation sites excluding steroid dienone is 10. The zero-order valence-electron chi connectivity index (χ0n) is 33.4. The van der Waals surface area contributed by atoms with Crippen LogP contribution < -0.4 is 5.32 Å². The zero-order chi connectivity index (χ0) is 38.9. The molecule has 0 radical (unpaired) electrons. The predicted molar refractivity (Wildman–Crippen MR) is 220 cm³/mol. The van der Waals surface area contributed by atoms with Crippen LogP contribution in [0.15, 0.2) is 60.8 Å². The maximum Gasteiger partial charge on any atom is 0.472 e. The summed E-state index contributed by atoms with van der Waals surface area (Å²) in [5, 5.41) is 12.7. The van der Waals surface area contributed by atoms with E-state index in [1.165, 1.54) is 44.9 Å². The van der Waals surface area contributed by atoms with Crippen LogP contribution in [0.4, 0.5) is 0 Å². The van der Waals surface area contributed by atoms with Crippen molar-refractivity contribution in [2.24, 2.45) is 0 Å². The third-order valence-electron chi connectivity index (χ3n) is 8.43. The fourth-order valence-electron chi connectivity index (χ4n) is 5.31. The van der Waals surface area contributed by atoms with Crippen LogP contribution in [-0.2, 0) is 27.9 Å². The van der Waals surface area contributed by atoms with Crippen molar-refractivity contribution in [2.45, 2.75) is 174 Å². The lowest BCUT2D eigenvalue weighted by molar-refractivity contribution is -0.147. The molecule has 2 unspecified atom stereocenters. The molecule has 306 valence electrons. The Morgan fingerprint density at radius 2 is 1.08 bits per heavy atom. The second kappa shape index (κ2) is 39.4. The average molecular weight is 766 g/mol. The first-order chi connectivity index (χ1) is 25.8. The number of phosphoric acid groups is 1. The highest BCUT2D eigenvalue weighted by Gasteiger charge is 2.23. The van der Waals surface area contributed by atoms with E-state index < -0.39 is 26.5 Å². The van der Waals surface area contributed by atoms with E-state index >= 15 is 0 Å². The molecule has 53 heavy (non-hydrogen) atoms. The van der Waals surface area contributed by atoms with Gasteiger partial charge in [0.1, 0.15) is 12.7 Å². The molecule has 0 aromatic rings. The van der Waals surface area contributed by atoms with Crippen LogP contribution in [0.5, 0.6) is 0 Å². The van der Waals surface area contributed by atoms with Gasteiger partial charge in [0.2, 0.25) is 5.91 Å². The first-order valence-corrected chi connectivity index (χ1v) is 22.3. The van der Waals surface area contributed by atoms with Gasteiger partial charge in [-0.25, -0.2) is 4.57 Å². The summed E-state index contributed by atoms with van der Waals surface area (Å²) >= 11 is 0. The highest BCUT2D eigenvalue weighted by molar-refractivity contribution is 7.47. The molecule has 1 amide bonds. The molecule has 0 bridgehead atoms. The summed E-state index contributed by atoms with van der Waals surface area (Å²) in [6.07, 6.45) is 45.7. The molecular weight excluding hydrogens is 689 g/mol. The average Bonchev–Trinajstić information content (AvgIpc) is 3.14. The van der Waals surface area contributed by atoms with Crippen LogP contribution in [0.2, 0.25) is 0 Å². The lowest BCUT2D eigenvalue weighted by Gasteiger charge is -2.15. The summed E-state index contributed by atoms with van der Waals surface area (Å²) in [5.41, 5.74) is 0. The Kier molecular flexibility index (Phi) is 37.7. The zero-order valence-corrected chi connectivity index (χ0v) is 34.3. The van der Waals surface area contributed by atoms with E-state index in [9.17, 15) is 24.2 Å². The molecule has 0 aliphatic carbocycles. The van der Waals surface area contributed by atoms with Gasteiger partial charge in [0.15, 0.2) is 0 Å². The van der Waals surface area contributed by atoms with Crippen LogP contribution in [0.1, 0.15) is 168 Å². The first kappa shape index (κ1) is 50.7. The lowest BCUT2D eigenvalue weighted by atomic mass is 10.1. The Labute approximate surface area is 323 Å². The number of ether oxygens (including phenoxy) is 1. The fourth-order valence-corrected chi connectivity index (χ4v) is 6.06. The van der Waals surface area contributed by atoms with Crippen LogP contribution in [0.3, 0.4) is 0 Å². The van der Waals surface area contributed by atoms with Crippen molar-refractivity contribution in [1.82, 2.24) is 5.32 Å². The molecular formula is C43H76NO8P. The van der Waals surface area contributed by atoms with Crippen molar-refractivity contribution in [2.75, 3.05) is 26.4 Å². The molecule has 0 aliphatic heterocycles. The summed E-state index contributed by atoms with van der Waals surface area (Å²) < 4.78 is 26.8. The number of aliphatic hydroxyl groups excluding tert-OH is 1. The Hall–Kier alpha value is -2.29. The minimum absolute atomic E-state index is 0.0685. The largest absolute Gasteiger partial charge is 0.472 e. The first-order valence-electron chi connectivity index (χ1n) is 20.8. The number of carbonyl (C=O) groups excluding carboxylic acids is 2. The molecule has 0 saturated carbocycles. The Bertz CT molecular complexity index is 1050. The normalized spacial score (nSPS) is 14.0. The quantitative estimate of drug-likeness (QED) is 0.0245. The Morgan fingerprint density at radius 3 is 1.62 bits per heavy atom. The molecule has 0 saturated heterocycles. The number of amides is 1. The summed E-state index contributed by atoms with van der Waals surface area (Å²) in [7, 11) is -4.42. The summed E-state index contributed by atoms with van der Waals surface area (Å²) in [6.45, 7) is 3.37. The van der Waals surface area contributed by atoms with E-state index in [-0.39, 0.29) is 32.1 Å². The molecule has 0 rings (SSSR count). The van der Waals surface area contributed by atoms with Crippen LogP contribution >= 0.6 is 7.82 Å². The molecule has 0 aromatic carbocycles. The maximum atomic E-state index is 12.1. The van der Waals surface area contributed by atoms with Gasteiger partial charge in [-0.3, -0.25) is 18.6 Å². The third kappa shape index (κ3) is 40.7. The van der Waals surface area contributed by atoms with Crippen LogP contribution in [0, 0.1) is 0 Å². The number of unbranched alkanes of at least 4 members (excludes halogenated alkanes) is 15. The van der Waals surface area contributed by atoms with E-state index in [1.807, 2.05) is 0 Å². The summed E-state index contributed by atoms with van der Waals surface area (Å²) in [4.78, 5) is 33.9. The van der Waals surface area contributed by atoms with Gasteiger partial charge < -0.3 is 20.1 Å². The number of carbonyl (C=O) groups is 2. The molecule has 2 atom stereocenters. The minimum atomic E-state index is -4.42. The maximum absolute atomic E-state index is 12.1. The lowest BCUT2D eigenvalue weighted by Crippen LogP contribution is -2.27. The van der Waals surface area contributed by atoms with Crippen molar-refractivity contribution in [1.29, 1.82) is 0 Å². The topological polar surface area (TPSA) is 131 Å². The third-order valence-corrected chi connectivity index (χ3v) is 9.42. The molecule has 0 fully saturated rings. The Balaban J connectivity index is 3.65. The molecule has 0 heterocycles. The van der Waals surface area contributed by atoms with E-state index in [0.29, 0.717) is 6.42 Å². The van der Waals surface area contributed by atoms with E-state index in [2.05, 4.69) is 79.9 Å². The van der Waals surface area contributed by atoms with Gasteiger partial charge in [0, 0.05) is 19.4 Å². The monoisotopic (exact) mass is 766 g/mol. The van der Waals surface area contributed by atoms with Crippen molar-refractivity contribution >= 4 is 19.7 Å². The standard InChI is InChI=1S/C43H76NO8P/c1-3-5-7-9-11-13-15-17-19-20-22-24-26-28-30-32-34-36-43(47)50-39-41(45)40-52-53(48,49)51-38-37-44-42(46)35-33-31-29-27-25-23-21-18-16-14-12-10-8-6-4-2/h6,8,11-14,17-19,21,41,45H,3-5,7,9-10,15-16,20,22-40H2,1-2H3,(H,44,46)(H,48,49)/b8-6-,13-11-,14-12-,19-17-,21-18-. The van der Waals surface area contributed by atoms with Gasteiger partial charge in [0.25, 0.3) is 0 Å². The number of hydrogen-bond acceptors (Lipinski definition) is 7. The van der Waals surface area contributed by atoms with E-state index in [4.69, 9.17) is 13.8 Å². The highest BCUT2D eigenvalue weighted by Crippen LogP contribution is 2.42. The van der Waals surface area contributed by atoms with Crippen molar-refractivity contribution in [3.63, 3.8) is 0 Å². The van der Waals surface area contributed by atoms with E-state index in [0.717, 1.165) is 96.3 Å². The minimum Gasteiger partial charge on any atom is -0.463 e.